The second kappa shape index (κ2) is 3.12. The van der Waals surface area contributed by atoms with Crippen molar-refractivity contribution in [3.05, 3.63) is 27.7 Å². The van der Waals surface area contributed by atoms with Crippen LogP contribution in [0.25, 0.3) is 10.2 Å². The van der Waals surface area contributed by atoms with E-state index in [9.17, 15) is 0 Å². The maximum absolute atomic E-state index is 8.86. The fraction of sp³-hybridized carbons (Fsp3) is 0.125. The van der Waals surface area contributed by atoms with Crippen LogP contribution in [-0.2, 0) is 6.61 Å². The predicted octanol–water partition coefficient (Wildman–Crippen LogP) is 2.55. The van der Waals surface area contributed by atoms with Crippen molar-refractivity contribution >= 4 is 37.5 Å². The Balaban J connectivity index is 2.74. The predicted molar refractivity (Wildman–Crippen MR) is 53.2 cm³/mol. The van der Waals surface area contributed by atoms with E-state index in [0.29, 0.717) is 0 Å². The Bertz CT molecular complexity index is 412. The van der Waals surface area contributed by atoms with Gasteiger partial charge in [0.2, 0.25) is 0 Å². The minimum absolute atomic E-state index is 0.0196. The molecule has 0 aliphatic rings. The summed E-state index contributed by atoms with van der Waals surface area (Å²) in [6, 6.07) is 5.85. The molecule has 4 heteroatoms. The molecule has 0 radical (unpaired) electrons. The molecule has 0 spiro atoms. The van der Waals surface area contributed by atoms with Crippen molar-refractivity contribution in [2.24, 2.45) is 0 Å². The summed E-state index contributed by atoms with van der Waals surface area (Å²) in [5.74, 6) is 0. The maximum atomic E-state index is 8.86. The highest BCUT2D eigenvalue weighted by molar-refractivity contribution is 9.10. The smallest absolute Gasteiger partial charge is 0.119 e. The van der Waals surface area contributed by atoms with Gasteiger partial charge in [0.25, 0.3) is 0 Å². The van der Waals surface area contributed by atoms with Crippen LogP contribution in [-0.4, -0.2) is 10.1 Å². The summed E-state index contributed by atoms with van der Waals surface area (Å²) in [4.78, 5) is 4.23. The highest BCUT2D eigenvalue weighted by Gasteiger charge is 2.04. The van der Waals surface area contributed by atoms with Crippen molar-refractivity contribution in [2.45, 2.75) is 6.61 Å². The van der Waals surface area contributed by atoms with Gasteiger partial charge in [0.1, 0.15) is 5.01 Å². The SMILES string of the molecule is OCc1nc2cccc(Br)c2s1. The van der Waals surface area contributed by atoms with Crippen LogP contribution in [0.15, 0.2) is 22.7 Å². The summed E-state index contributed by atoms with van der Waals surface area (Å²) in [7, 11) is 0. The first kappa shape index (κ1) is 8.16. The number of aromatic nitrogens is 1. The summed E-state index contributed by atoms with van der Waals surface area (Å²) >= 11 is 4.94. The molecule has 62 valence electrons. The third kappa shape index (κ3) is 1.26. The Labute approximate surface area is 82.0 Å². The summed E-state index contributed by atoms with van der Waals surface area (Å²) in [6.45, 7) is 0.0196. The van der Waals surface area contributed by atoms with Gasteiger partial charge in [-0.1, -0.05) is 6.07 Å². The number of aliphatic hydroxyl groups excluding tert-OH is 1. The fourth-order valence-corrected chi connectivity index (χ4v) is 2.46. The molecule has 1 aromatic carbocycles. The van der Waals surface area contributed by atoms with Crippen molar-refractivity contribution in [1.29, 1.82) is 0 Å². The number of hydrogen-bond acceptors (Lipinski definition) is 3. The zero-order valence-electron chi connectivity index (χ0n) is 6.12. The molecule has 0 bridgehead atoms. The van der Waals surface area contributed by atoms with Gasteiger partial charge in [-0.3, -0.25) is 0 Å². The van der Waals surface area contributed by atoms with Crippen LogP contribution in [0, 0.1) is 0 Å². The van der Waals surface area contributed by atoms with E-state index in [0.717, 1.165) is 19.7 Å². The summed E-state index contributed by atoms with van der Waals surface area (Å²) in [6.07, 6.45) is 0. The topological polar surface area (TPSA) is 33.1 Å². The van der Waals surface area contributed by atoms with Gasteiger partial charge in [0.05, 0.1) is 16.8 Å². The van der Waals surface area contributed by atoms with Gasteiger partial charge >= 0.3 is 0 Å². The molecular weight excluding hydrogens is 238 g/mol. The van der Waals surface area contributed by atoms with Gasteiger partial charge in [-0.25, -0.2) is 4.98 Å². The average Bonchev–Trinajstić information content (AvgIpc) is 2.49. The number of hydrogen-bond donors (Lipinski definition) is 1. The third-order valence-electron chi connectivity index (χ3n) is 1.55. The molecule has 1 heterocycles. The molecule has 0 aliphatic heterocycles. The van der Waals surface area contributed by atoms with E-state index < -0.39 is 0 Å². The Hall–Kier alpha value is -0.450. The lowest BCUT2D eigenvalue weighted by Crippen LogP contribution is -1.77. The van der Waals surface area contributed by atoms with Crippen LogP contribution >= 0.6 is 27.3 Å². The first-order valence-corrected chi connectivity index (χ1v) is 5.07. The van der Waals surface area contributed by atoms with E-state index in [2.05, 4.69) is 20.9 Å². The molecule has 0 aliphatic carbocycles. The highest BCUT2D eigenvalue weighted by atomic mass is 79.9. The Kier molecular flexibility index (Phi) is 2.12. The molecule has 0 saturated heterocycles. The molecule has 0 atom stereocenters. The van der Waals surface area contributed by atoms with E-state index in [1.807, 2.05) is 18.2 Å². The number of nitrogens with zero attached hydrogens (tertiary/aromatic N) is 1. The molecule has 2 nitrogen and oxygen atoms in total. The molecule has 0 unspecified atom stereocenters. The van der Waals surface area contributed by atoms with E-state index in [1.54, 1.807) is 0 Å². The maximum Gasteiger partial charge on any atom is 0.119 e. The fourth-order valence-electron chi connectivity index (χ4n) is 1.03. The lowest BCUT2D eigenvalue weighted by molar-refractivity contribution is 0.281. The number of fused-ring (bicyclic) bond motifs is 1. The molecule has 1 aromatic heterocycles. The number of thiazole rings is 1. The molecule has 1 N–H and O–H groups in total. The largest absolute Gasteiger partial charge is 0.389 e. The zero-order valence-corrected chi connectivity index (χ0v) is 8.52. The molecule has 0 saturated carbocycles. The molecule has 2 rings (SSSR count). The Morgan fingerprint density at radius 2 is 2.33 bits per heavy atom. The zero-order chi connectivity index (χ0) is 8.55. The van der Waals surface area contributed by atoms with Crippen molar-refractivity contribution in [1.82, 2.24) is 4.98 Å². The second-order valence-corrected chi connectivity index (χ2v) is 4.29. The normalized spacial score (nSPS) is 10.8. The summed E-state index contributed by atoms with van der Waals surface area (Å²) < 4.78 is 2.14. The van der Waals surface area contributed by atoms with E-state index in [1.165, 1.54) is 11.3 Å². The lowest BCUT2D eigenvalue weighted by Gasteiger charge is -1.88. The van der Waals surface area contributed by atoms with Gasteiger partial charge in [-0.2, -0.15) is 0 Å². The van der Waals surface area contributed by atoms with Crippen LogP contribution in [0.1, 0.15) is 5.01 Å². The van der Waals surface area contributed by atoms with Gasteiger partial charge < -0.3 is 5.11 Å². The summed E-state index contributed by atoms with van der Waals surface area (Å²) in [5.41, 5.74) is 0.943. The third-order valence-corrected chi connectivity index (χ3v) is 3.56. The number of benzene rings is 1. The van der Waals surface area contributed by atoms with Crippen molar-refractivity contribution in [3.8, 4) is 0 Å². The number of rotatable bonds is 1. The van der Waals surface area contributed by atoms with Gasteiger partial charge in [0.15, 0.2) is 0 Å². The standard InChI is InChI=1S/C8H6BrNOS/c9-5-2-1-3-6-8(5)12-7(4-11)10-6/h1-3,11H,4H2. The van der Waals surface area contributed by atoms with Crippen molar-refractivity contribution in [2.75, 3.05) is 0 Å². The quantitative estimate of drug-likeness (QED) is 0.836. The first-order valence-electron chi connectivity index (χ1n) is 3.46. The monoisotopic (exact) mass is 243 g/mol. The number of halogens is 1. The Morgan fingerprint density at radius 1 is 1.50 bits per heavy atom. The molecule has 0 fully saturated rings. The lowest BCUT2D eigenvalue weighted by atomic mass is 10.3. The van der Waals surface area contributed by atoms with Gasteiger partial charge in [-0.05, 0) is 28.1 Å². The van der Waals surface area contributed by atoms with Gasteiger partial charge in [-0.15, -0.1) is 11.3 Å². The van der Waals surface area contributed by atoms with Crippen LogP contribution in [0.3, 0.4) is 0 Å². The average molecular weight is 244 g/mol. The second-order valence-electron chi connectivity index (χ2n) is 2.35. The van der Waals surface area contributed by atoms with Crippen LogP contribution in [0.2, 0.25) is 0 Å². The van der Waals surface area contributed by atoms with Gasteiger partial charge in [0, 0.05) is 4.47 Å². The first-order chi connectivity index (χ1) is 5.81. The van der Waals surface area contributed by atoms with E-state index in [-0.39, 0.29) is 6.61 Å². The molecular formula is C8H6BrNOS. The molecule has 2 aromatic rings. The van der Waals surface area contributed by atoms with E-state index >= 15 is 0 Å². The summed E-state index contributed by atoms with van der Waals surface area (Å²) in [5, 5.41) is 9.62. The molecule has 0 amide bonds. The van der Waals surface area contributed by atoms with Crippen LogP contribution in [0.4, 0.5) is 0 Å². The highest BCUT2D eigenvalue weighted by Crippen LogP contribution is 2.29. The Morgan fingerprint density at radius 3 is 3.00 bits per heavy atom. The van der Waals surface area contributed by atoms with Crippen LogP contribution in [0.5, 0.6) is 0 Å². The van der Waals surface area contributed by atoms with Crippen LogP contribution < -0.4 is 0 Å². The van der Waals surface area contributed by atoms with Crippen molar-refractivity contribution < 1.29 is 5.11 Å². The van der Waals surface area contributed by atoms with E-state index in [4.69, 9.17) is 5.11 Å². The van der Waals surface area contributed by atoms with Crippen molar-refractivity contribution in [3.63, 3.8) is 0 Å². The minimum Gasteiger partial charge on any atom is -0.389 e. The minimum atomic E-state index is 0.0196. The molecule has 12 heavy (non-hydrogen) atoms. The number of aliphatic hydroxyl groups is 1.